The second-order valence-electron chi connectivity index (χ2n) is 11.9. The Kier molecular flexibility index (Phi) is 9.35. The quantitative estimate of drug-likeness (QED) is 0.355. The molecule has 2 saturated heterocycles. The molecule has 0 amide bonds. The molecule has 2 aromatic carbocycles. The molecule has 3 aliphatic rings. The Bertz CT molecular complexity index is 1270. The van der Waals surface area contributed by atoms with E-state index in [1.807, 2.05) is 44.2 Å². The van der Waals surface area contributed by atoms with Crippen molar-refractivity contribution in [1.82, 2.24) is 4.31 Å². The summed E-state index contributed by atoms with van der Waals surface area (Å²) >= 11 is 0. The molecular weight excluding hydrogens is 546 g/mol. The highest BCUT2D eigenvalue weighted by Gasteiger charge is 2.56. The summed E-state index contributed by atoms with van der Waals surface area (Å²) in [5, 5.41) is 11.5. The first-order chi connectivity index (χ1) is 19.7. The van der Waals surface area contributed by atoms with E-state index in [0.717, 1.165) is 12.0 Å². The summed E-state index contributed by atoms with van der Waals surface area (Å²) in [4.78, 5) is 13.5. The predicted octanol–water partition coefficient (Wildman–Crippen LogP) is 3.50. The van der Waals surface area contributed by atoms with Crippen LogP contribution in [0.4, 0.5) is 0 Å². The van der Waals surface area contributed by atoms with Gasteiger partial charge >= 0.3 is 5.97 Å². The highest BCUT2D eigenvalue weighted by Crippen LogP contribution is 2.49. The fourth-order valence-electron chi connectivity index (χ4n) is 6.46. The number of rotatable bonds is 13. The van der Waals surface area contributed by atoms with Crippen molar-refractivity contribution in [3.05, 3.63) is 60.2 Å². The van der Waals surface area contributed by atoms with E-state index < -0.39 is 22.0 Å². The topological polar surface area (TPSA) is 112 Å². The average molecular weight is 588 g/mol. The Morgan fingerprint density at radius 1 is 1.02 bits per heavy atom. The van der Waals surface area contributed by atoms with Crippen molar-refractivity contribution < 1.29 is 37.3 Å². The number of ether oxygens (including phenoxy) is 4. The van der Waals surface area contributed by atoms with E-state index in [1.54, 1.807) is 12.1 Å². The molecular formula is C31H41NO8S. The Labute approximate surface area is 242 Å². The van der Waals surface area contributed by atoms with Gasteiger partial charge in [-0.1, -0.05) is 44.2 Å². The Morgan fingerprint density at radius 3 is 2.41 bits per heavy atom. The molecule has 1 aliphatic carbocycles. The van der Waals surface area contributed by atoms with Gasteiger partial charge in [0.15, 0.2) is 6.29 Å². The highest BCUT2D eigenvalue weighted by molar-refractivity contribution is 7.89. The zero-order valence-electron chi connectivity index (χ0n) is 23.9. The molecule has 3 fully saturated rings. The molecule has 2 bridgehead atoms. The van der Waals surface area contributed by atoms with Crippen LogP contribution in [-0.4, -0.2) is 75.7 Å². The summed E-state index contributed by atoms with van der Waals surface area (Å²) in [7, 11) is -2.39. The molecule has 2 aromatic rings. The Balaban J connectivity index is 1.33. The third kappa shape index (κ3) is 6.78. The Morgan fingerprint density at radius 2 is 1.73 bits per heavy atom. The minimum absolute atomic E-state index is 0.0224. The number of fused-ring (bicyclic) bond motifs is 1. The third-order valence-electron chi connectivity index (χ3n) is 8.53. The number of hydrogen-bond donors (Lipinski definition) is 1. The van der Waals surface area contributed by atoms with Gasteiger partial charge in [-0.3, -0.25) is 4.79 Å². The van der Waals surface area contributed by atoms with Crippen molar-refractivity contribution in [1.29, 1.82) is 0 Å². The molecule has 5 unspecified atom stereocenters. The van der Waals surface area contributed by atoms with Crippen LogP contribution in [0.1, 0.15) is 32.3 Å². The number of sulfonamides is 1. The molecule has 5 rings (SSSR count). The fraction of sp³-hybridized carbons (Fsp3) is 0.581. The Hall–Kier alpha value is -2.50. The van der Waals surface area contributed by atoms with Crippen LogP contribution in [0.5, 0.6) is 5.75 Å². The lowest BCUT2D eigenvalue weighted by Gasteiger charge is -2.31. The molecule has 41 heavy (non-hydrogen) atoms. The van der Waals surface area contributed by atoms with Gasteiger partial charge in [0.25, 0.3) is 0 Å². The molecule has 2 aliphatic heterocycles. The van der Waals surface area contributed by atoms with Gasteiger partial charge in [-0.15, -0.1) is 0 Å². The van der Waals surface area contributed by atoms with Crippen molar-refractivity contribution in [2.45, 2.75) is 56.5 Å². The van der Waals surface area contributed by atoms with E-state index in [-0.39, 0.29) is 66.4 Å². The lowest BCUT2D eigenvalue weighted by atomic mass is 9.90. The minimum atomic E-state index is -3.91. The van der Waals surface area contributed by atoms with Crippen LogP contribution < -0.4 is 4.74 Å². The summed E-state index contributed by atoms with van der Waals surface area (Å²) in [6, 6.07) is 15.8. The highest BCUT2D eigenvalue weighted by atomic mass is 32.2. The number of carbonyl (C=O) groups excluding carboxylic acids is 1. The third-order valence-corrected chi connectivity index (χ3v) is 10.4. The van der Waals surface area contributed by atoms with Crippen LogP contribution in [0, 0.1) is 29.6 Å². The zero-order valence-corrected chi connectivity index (χ0v) is 24.7. The molecule has 1 saturated carbocycles. The standard InChI is InChI=1S/C31H41NO8S/c1-20(2)16-32(41(35,36)25-11-9-24(37-3)10-12-25)17-28(33)22(13-21-7-5-4-6-8-21)15-29(34)40-30-23-14-26-27(30)19-39-31(26)38-18-23/h4-12,20,22-23,26-28,30-31,33H,13-19H2,1-3H3/t22-,23?,26?,27?,28-,30?,31?/m1/s1. The molecule has 0 aromatic heterocycles. The van der Waals surface area contributed by atoms with Crippen LogP contribution in [0.2, 0.25) is 0 Å². The fourth-order valence-corrected chi connectivity index (χ4v) is 8.08. The first-order valence-electron chi connectivity index (χ1n) is 14.4. The predicted molar refractivity (Wildman–Crippen MR) is 152 cm³/mol. The molecule has 1 N–H and O–H groups in total. The van der Waals surface area contributed by atoms with Crippen LogP contribution in [0.25, 0.3) is 0 Å². The molecule has 224 valence electrons. The van der Waals surface area contributed by atoms with E-state index in [1.165, 1.54) is 23.5 Å². The van der Waals surface area contributed by atoms with Gasteiger partial charge in [0.1, 0.15) is 11.9 Å². The van der Waals surface area contributed by atoms with Crippen LogP contribution >= 0.6 is 0 Å². The SMILES string of the molecule is COc1ccc(S(=O)(=O)N(CC(C)C)C[C@@H](O)[C@@H](CC(=O)OC2C3COC4OCC2C4C3)Cc2ccccc2)cc1. The second kappa shape index (κ2) is 12.8. The van der Waals surface area contributed by atoms with E-state index in [4.69, 9.17) is 18.9 Å². The zero-order chi connectivity index (χ0) is 29.1. The van der Waals surface area contributed by atoms with Gasteiger partial charge in [0.2, 0.25) is 10.0 Å². The number of hydrogen-bond acceptors (Lipinski definition) is 8. The summed E-state index contributed by atoms with van der Waals surface area (Å²) in [5.74, 6) is 0.181. The number of benzene rings is 2. The number of carbonyl (C=O) groups is 1. The van der Waals surface area contributed by atoms with E-state index in [2.05, 4.69) is 0 Å². The van der Waals surface area contributed by atoms with Gasteiger partial charge in [-0.25, -0.2) is 8.42 Å². The van der Waals surface area contributed by atoms with Gasteiger partial charge < -0.3 is 24.1 Å². The molecule has 10 heteroatoms. The van der Waals surface area contributed by atoms with Gasteiger partial charge in [0, 0.05) is 36.8 Å². The summed E-state index contributed by atoms with van der Waals surface area (Å²) in [6.45, 7) is 4.98. The van der Waals surface area contributed by atoms with Crippen LogP contribution in [0.15, 0.2) is 59.5 Å². The molecule has 0 spiro atoms. The van der Waals surface area contributed by atoms with Crippen molar-refractivity contribution in [2.24, 2.45) is 29.6 Å². The van der Waals surface area contributed by atoms with E-state index >= 15 is 0 Å². The first kappa shape index (κ1) is 30.0. The summed E-state index contributed by atoms with van der Waals surface area (Å²) in [6.07, 6.45) is -0.255. The van der Waals surface area contributed by atoms with Gasteiger partial charge in [0.05, 0.1) is 37.7 Å². The van der Waals surface area contributed by atoms with Gasteiger partial charge in [-0.2, -0.15) is 4.31 Å². The number of methoxy groups -OCH3 is 1. The number of nitrogens with zero attached hydrogens (tertiary/aromatic N) is 1. The first-order valence-corrected chi connectivity index (χ1v) is 15.9. The maximum atomic E-state index is 13.7. The normalized spacial score (nSPS) is 26.7. The molecule has 2 heterocycles. The van der Waals surface area contributed by atoms with E-state index in [9.17, 15) is 18.3 Å². The lowest BCUT2D eigenvalue weighted by Crippen LogP contribution is -2.43. The maximum absolute atomic E-state index is 13.7. The number of esters is 1. The average Bonchev–Trinajstić information content (AvgIpc) is 3.49. The van der Waals surface area contributed by atoms with Crippen molar-refractivity contribution >= 4 is 16.0 Å². The van der Waals surface area contributed by atoms with Crippen LogP contribution in [-0.2, 0) is 35.4 Å². The monoisotopic (exact) mass is 587 g/mol. The smallest absolute Gasteiger partial charge is 0.306 e. The molecule has 7 atom stereocenters. The second-order valence-corrected chi connectivity index (χ2v) is 13.9. The van der Waals surface area contributed by atoms with Crippen LogP contribution in [0.3, 0.4) is 0 Å². The number of aliphatic hydroxyl groups is 1. The minimum Gasteiger partial charge on any atom is -0.497 e. The van der Waals surface area contributed by atoms with Crippen molar-refractivity contribution in [2.75, 3.05) is 33.4 Å². The van der Waals surface area contributed by atoms with Crippen molar-refractivity contribution in [3.8, 4) is 5.75 Å². The van der Waals surface area contributed by atoms with Gasteiger partial charge in [-0.05, 0) is 48.6 Å². The lowest BCUT2D eigenvalue weighted by molar-refractivity contribution is -0.178. The number of aliphatic hydroxyl groups excluding tert-OH is 1. The van der Waals surface area contributed by atoms with Crippen molar-refractivity contribution in [3.63, 3.8) is 0 Å². The molecule has 9 nitrogen and oxygen atoms in total. The summed E-state index contributed by atoms with van der Waals surface area (Å²) in [5.41, 5.74) is 0.954. The summed E-state index contributed by atoms with van der Waals surface area (Å²) < 4.78 is 51.4. The van der Waals surface area contributed by atoms with E-state index in [0.29, 0.717) is 25.4 Å². The largest absolute Gasteiger partial charge is 0.497 e. The maximum Gasteiger partial charge on any atom is 0.306 e. The molecule has 0 radical (unpaired) electrons.